The van der Waals surface area contributed by atoms with Gasteiger partial charge in [0.25, 0.3) is 0 Å². The Morgan fingerprint density at radius 1 is 1.25 bits per heavy atom. The Bertz CT molecular complexity index is 551. The van der Waals surface area contributed by atoms with E-state index in [4.69, 9.17) is 5.11 Å². The van der Waals surface area contributed by atoms with E-state index in [1.165, 1.54) is 23.4 Å². The average Bonchev–Trinajstić information content (AvgIpc) is 2.45. The molecule has 2 aromatic rings. The standard InChI is InChI=1S/C14H17N3O2S/c1-10(8-18)15-12-7-13(19)17-14(16-12)20-9-11-5-3-2-4-6-11/h2-7,10,18H,8-9H2,1H3,(H2,15,16,17,19)/t10-/m1/s1. The molecule has 6 heteroatoms. The molecule has 1 aromatic heterocycles. The molecule has 106 valence electrons. The van der Waals surface area contributed by atoms with Gasteiger partial charge in [-0.05, 0) is 12.5 Å². The smallest absolute Gasteiger partial charge is 0.216 e. The fourth-order valence-corrected chi connectivity index (χ4v) is 2.38. The minimum Gasteiger partial charge on any atom is -0.493 e. The van der Waals surface area contributed by atoms with E-state index in [1.54, 1.807) is 0 Å². The van der Waals surface area contributed by atoms with Crippen molar-refractivity contribution in [1.29, 1.82) is 0 Å². The lowest BCUT2D eigenvalue weighted by molar-refractivity contribution is 0.281. The number of nitrogens with one attached hydrogen (secondary N) is 1. The number of anilines is 1. The summed E-state index contributed by atoms with van der Waals surface area (Å²) in [6.45, 7) is 1.83. The van der Waals surface area contributed by atoms with E-state index in [-0.39, 0.29) is 18.5 Å². The Morgan fingerprint density at radius 3 is 2.70 bits per heavy atom. The van der Waals surface area contributed by atoms with Crippen molar-refractivity contribution >= 4 is 17.6 Å². The van der Waals surface area contributed by atoms with Gasteiger partial charge in [0, 0.05) is 17.9 Å². The summed E-state index contributed by atoms with van der Waals surface area (Å²) in [6.07, 6.45) is 0. The number of hydrogen-bond acceptors (Lipinski definition) is 6. The molecule has 0 bridgehead atoms. The maximum absolute atomic E-state index is 9.61. The van der Waals surface area contributed by atoms with Crippen molar-refractivity contribution in [2.24, 2.45) is 0 Å². The molecule has 1 aromatic carbocycles. The number of benzene rings is 1. The molecule has 0 fully saturated rings. The van der Waals surface area contributed by atoms with Crippen LogP contribution in [0.25, 0.3) is 0 Å². The molecule has 0 aliphatic carbocycles. The van der Waals surface area contributed by atoms with Crippen LogP contribution in [0.5, 0.6) is 5.88 Å². The molecule has 0 saturated heterocycles. The number of hydrogen-bond donors (Lipinski definition) is 3. The van der Waals surface area contributed by atoms with Crippen LogP contribution in [-0.4, -0.2) is 32.8 Å². The zero-order valence-electron chi connectivity index (χ0n) is 11.2. The maximum Gasteiger partial charge on any atom is 0.216 e. The first-order valence-corrected chi connectivity index (χ1v) is 7.28. The summed E-state index contributed by atoms with van der Waals surface area (Å²) in [7, 11) is 0. The molecule has 0 aliphatic rings. The van der Waals surface area contributed by atoms with E-state index in [0.29, 0.717) is 11.0 Å². The second kappa shape index (κ2) is 7.12. The van der Waals surface area contributed by atoms with Crippen LogP contribution in [0.2, 0.25) is 0 Å². The molecule has 1 heterocycles. The number of nitrogens with zero attached hydrogens (tertiary/aromatic N) is 2. The predicted octanol–water partition coefficient (Wildman–Crippen LogP) is 2.27. The van der Waals surface area contributed by atoms with Crippen molar-refractivity contribution < 1.29 is 10.2 Å². The first-order valence-electron chi connectivity index (χ1n) is 6.29. The molecule has 1 atom stereocenters. The van der Waals surface area contributed by atoms with Gasteiger partial charge < -0.3 is 15.5 Å². The highest BCUT2D eigenvalue weighted by Gasteiger charge is 2.07. The molecular weight excluding hydrogens is 274 g/mol. The second-order valence-corrected chi connectivity index (χ2v) is 5.34. The van der Waals surface area contributed by atoms with Crippen LogP contribution in [-0.2, 0) is 5.75 Å². The van der Waals surface area contributed by atoms with Gasteiger partial charge in [-0.15, -0.1) is 0 Å². The van der Waals surface area contributed by atoms with Gasteiger partial charge in [-0.2, -0.15) is 4.98 Å². The molecule has 0 amide bonds. The minimum absolute atomic E-state index is 0.00272. The topological polar surface area (TPSA) is 78.3 Å². The monoisotopic (exact) mass is 291 g/mol. The summed E-state index contributed by atoms with van der Waals surface area (Å²) in [5, 5.41) is 22.1. The lowest BCUT2D eigenvalue weighted by Gasteiger charge is -2.12. The number of aliphatic hydroxyl groups is 1. The Labute approximate surface area is 122 Å². The summed E-state index contributed by atoms with van der Waals surface area (Å²) in [5.41, 5.74) is 1.17. The molecular formula is C14H17N3O2S. The number of aromatic nitrogens is 2. The largest absolute Gasteiger partial charge is 0.493 e. The molecule has 0 unspecified atom stereocenters. The Morgan fingerprint density at radius 2 is 2.00 bits per heavy atom. The molecule has 0 radical (unpaired) electrons. The van der Waals surface area contributed by atoms with Crippen LogP contribution in [0.15, 0.2) is 41.6 Å². The lowest BCUT2D eigenvalue weighted by Crippen LogP contribution is -2.20. The van der Waals surface area contributed by atoms with Gasteiger partial charge in [0.2, 0.25) is 5.88 Å². The number of thioether (sulfide) groups is 1. The van der Waals surface area contributed by atoms with Crippen LogP contribution < -0.4 is 5.32 Å². The van der Waals surface area contributed by atoms with Gasteiger partial charge in [-0.25, -0.2) is 4.98 Å². The fourth-order valence-electron chi connectivity index (χ4n) is 1.57. The molecule has 0 spiro atoms. The van der Waals surface area contributed by atoms with Crippen molar-refractivity contribution in [2.75, 3.05) is 11.9 Å². The molecule has 3 N–H and O–H groups in total. The third-order valence-electron chi connectivity index (χ3n) is 2.57. The first kappa shape index (κ1) is 14.6. The number of rotatable bonds is 6. The Kier molecular flexibility index (Phi) is 5.20. The summed E-state index contributed by atoms with van der Waals surface area (Å²) in [6, 6.07) is 11.3. The van der Waals surface area contributed by atoms with E-state index in [9.17, 15) is 5.11 Å². The van der Waals surface area contributed by atoms with Crippen molar-refractivity contribution in [2.45, 2.75) is 23.9 Å². The maximum atomic E-state index is 9.61. The summed E-state index contributed by atoms with van der Waals surface area (Å²) in [5.74, 6) is 1.16. The highest BCUT2D eigenvalue weighted by molar-refractivity contribution is 7.98. The Balaban J connectivity index is 2.04. The van der Waals surface area contributed by atoms with E-state index in [0.717, 1.165) is 5.75 Å². The zero-order valence-corrected chi connectivity index (χ0v) is 12.0. The highest BCUT2D eigenvalue weighted by atomic mass is 32.2. The van der Waals surface area contributed by atoms with Gasteiger partial charge >= 0.3 is 0 Å². The molecule has 20 heavy (non-hydrogen) atoms. The van der Waals surface area contributed by atoms with Gasteiger partial charge in [0.05, 0.1) is 6.61 Å². The first-order chi connectivity index (χ1) is 9.67. The predicted molar refractivity (Wildman–Crippen MR) is 79.9 cm³/mol. The summed E-state index contributed by atoms with van der Waals surface area (Å²) in [4.78, 5) is 8.29. The molecule has 0 aliphatic heterocycles. The fraction of sp³-hybridized carbons (Fsp3) is 0.286. The van der Waals surface area contributed by atoms with Crippen LogP contribution in [0.1, 0.15) is 12.5 Å². The van der Waals surface area contributed by atoms with E-state index in [1.807, 2.05) is 37.3 Å². The van der Waals surface area contributed by atoms with Crippen molar-refractivity contribution in [3.63, 3.8) is 0 Å². The number of aromatic hydroxyl groups is 1. The third-order valence-corrected chi connectivity index (χ3v) is 3.49. The highest BCUT2D eigenvalue weighted by Crippen LogP contribution is 2.23. The second-order valence-electron chi connectivity index (χ2n) is 4.40. The Hall–Kier alpha value is -1.79. The van der Waals surface area contributed by atoms with Crippen LogP contribution in [0.3, 0.4) is 0 Å². The summed E-state index contributed by atoms with van der Waals surface area (Å²) < 4.78 is 0. The molecule has 0 saturated carbocycles. The quantitative estimate of drug-likeness (QED) is 0.560. The molecule has 2 rings (SSSR count). The van der Waals surface area contributed by atoms with E-state index in [2.05, 4.69) is 15.3 Å². The van der Waals surface area contributed by atoms with Gasteiger partial charge in [-0.3, -0.25) is 0 Å². The van der Waals surface area contributed by atoms with Gasteiger partial charge in [0.15, 0.2) is 5.16 Å². The van der Waals surface area contributed by atoms with Gasteiger partial charge in [0.1, 0.15) is 5.82 Å². The van der Waals surface area contributed by atoms with Crippen LogP contribution >= 0.6 is 11.8 Å². The average molecular weight is 291 g/mol. The third kappa shape index (κ3) is 4.40. The zero-order chi connectivity index (χ0) is 14.4. The number of aliphatic hydroxyl groups excluding tert-OH is 1. The van der Waals surface area contributed by atoms with Crippen molar-refractivity contribution in [3.8, 4) is 5.88 Å². The van der Waals surface area contributed by atoms with E-state index < -0.39 is 0 Å². The van der Waals surface area contributed by atoms with Crippen LogP contribution in [0, 0.1) is 0 Å². The normalized spacial score (nSPS) is 12.1. The van der Waals surface area contributed by atoms with Crippen molar-refractivity contribution in [1.82, 2.24) is 9.97 Å². The van der Waals surface area contributed by atoms with E-state index >= 15 is 0 Å². The van der Waals surface area contributed by atoms with Gasteiger partial charge in [-0.1, -0.05) is 42.1 Å². The van der Waals surface area contributed by atoms with Crippen LogP contribution in [0.4, 0.5) is 5.82 Å². The molecule has 5 nitrogen and oxygen atoms in total. The summed E-state index contributed by atoms with van der Waals surface area (Å²) >= 11 is 1.45. The SMILES string of the molecule is C[C@H](CO)Nc1cc(O)nc(SCc2ccccc2)n1. The lowest BCUT2D eigenvalue weighted by atomic mass is 10.2. The van der Waals surface area contributed by atoms with Crippen molar-refractivity contribution in [3.05, 3.63) is 42.0 Å². The minimum atomic E-state index is -0.128.